The summed E-state index contributed by atoms with van der Waals surface area (Å²) in [7, 11) is 0. The van der Waals surface area contributed by atoms with Crippen LogP contribution in [0.3, 0.4) is 0 Å². The maximum absolute atomic E-state index is 3.98. The molecule has 1 rings (SSSR count). The molecule has 4 nitrogen and oxygen atoms in total. The van der Waals surface area contributed by atoms with E-state index in [4.69, 9.17) is 0 Å². The number of imidazole rings is 1. The summed E-state index contributed by atoms with van der Waals surface area (Å²) >= 11 is 0. The molecule has 1 heterocycles. The largest absolute Gasteiger partial charge is 0.293 e. The SMILES string of the molecule is C=N/N=C\n1ccnc1C. The van der Waals surface area contributed by atoms with Crippen LogP contribution in [0.5, 0.6) is 0 Å². The second kappa shape index (κ2) is 2.91. The summed E-state index contributed by atoms with van der Waals surface area (Å²) in [6.45, 7) is 5.09. The fourth-order valence-corrected chi connectivity index (χ4v) is 0.602. The first-order chi connectivity index (χ1) is 4.84. The van der Waals surface area contributed by atoms with Gasteiger partial charge in [-0.3, -0.25) is 4.57 Å². The Kier molecular flexibility index (Phi) is 1.94. The summed E-state index contributed by atoms with van der Waals surface area (Å²) < 4.78 is 1.76. The van der Waals surface area contributed by atoms with E-state index in [0.717, 1.165) is 5.82 Å². The third-order valence-electron chi connectivity index (χ3n) is 1.12. The number of aromatic nitrogens is 2. The first-order valence-electron chi connectivity index (χ1n) is 2.83. The molecular formula is C6H8N4. The minimum Gasteiger partial charge on any atom is -0.293 e. The summed E-state index contributed by atoms with van der Waals surface area (Å²) in [5.41, 5.74) is 0. The van der Waals surface area contributed by atoms with Crippen molar-refractivity contribution in [3.63, 3.8) is 0 Å². The Hall–Kier alpha value is -1.45. The molecule has 0 bridgehead atoms. The van der Waals surface area contributed by atoms with Gasteiger partial charge in [-0.05, 0) is 6.92 Å². The van der Waals surface area contributed by atoms with Crippen LogP contribution in [0.2, 0.25) is 0 Å². The molecule has 0 radical (unpaired) electrons. The highest BCUT2D eigenvalue weighted by atomic mass is 15.2. The Morgan fingerprint density at radius 1 is 1.80 bits per heavy atom. The lowest BCUT2D eigenvalue weighted by Crippen LogP contribution is -1.95. The van der Waals surface area contributed by atoms with Gasteiger partial charge in [0, 0.05) is 19.1 Å². The van der Waals surface area contributed by atoms with Crippen LogP contribution in [0.25, 0.3) is 0 Å². The van der Waals surface area contributed by atoms with Gasteiger partial charge in [0.05, 0.1) is 0 Å². The van der Waals surface area contributed by atoms with E-state index < -0.39 is 0 Å². The lowest BCUT2D eigenvalue weighted by molar-refractivity contribution is 1.04. The maximum Gasteiger partial charge on any atom is 0.123 e. The van der Waals surface area contributed by atoms with Crippen molar-refractivity contribution >= 4 is 13.1 Å². The van der Waals surface area contributed by atoms with Crippen LogP contribution in [-0.4, -0.2) is 22.6 Å². The van der Waals surface area contributed by atoms with Crippen LogP contribution >= 0.6 is 0 Å². The van der Waals surface area contributed by atoms with Crippen LogP contribution in [0, 0.1) is 6.92 Å². The highest BCUT2D eigenvalue weighted by molar-refractivity contribution is 5.58. The molecule has 0 spiro atoms. The molecule has 0 aliphatic rings. The van der Waals surface area contributed by atoms with E-state index in [-0.39, 0.29) is 0 Å². The lowest BCUT2D eigenvalue weighted by atomic mass is 10.7. The fraction of sp³-hybridized carbons (Fsp3) is 0.167. The van der Waals surface area contributed by atoms with Gasteiger partial charge in [0.1, 0.15) is 12.2 Å². The van der Waals surface area contributed by atoms with E-state index in [9.17, 15) is 0 Å². The smallest absolute Gasteiger partial charge is 0.123 e. The number of hydrogen-bond acceptors (Lipinski definition) is 3. The van der Waals surface area contributed by atoms with Gasteiger partial charge in [-0.1, -0.05) is 0 Å². The molecule has 0 fully saturated rings. The Morgan fingerprint density at radius 3 is 3.10 bits per heavy atom. The summed E-state index contributed by atoms with van der Waals surface area (Å²) in [6.07, 6.45) is 5.05. The Bertz CT molecular complexity index is 248. The predicted octanol–water partition coefficient (Wildman–Crippen LogP) is 0.684. The Morgan fingerprint density at radius 2 is 2.60 bits per heavy atom. The van der Waals surface area contributed by atoms with Crippen LogP contribution in [0.15, 0.2) is 22.6 Å². The molecule has 52 valence electrons. The summed E-state index contributed by atoms with van der Waals surface area (Å²) in [4.78, 5) is 3.98. The van der Waals surface area contributed by atoms with E-state index in [0.29, 0.717) is 0 Å². The van der Waals surface area contributed by atoms with Crippen molar-refractivity contribution in [2.75, 3.05) is 0 Å². The van der Waals surface area contributed by atoms with Crippen molar-refractivity contribution in [3.8, 4) is 0 Å². The quantitative estimate of drug-likeness (QED) is 0.335. The molecule has 1 aromatic rings. The zero-order valence-corrected chi connectivity index (χ0v) is 5.73. The van der Waals surface area contributed by atoms with E-state index in [2.05, 4.69) is 21.9 Å². The monoisotopic (exact) mass is 136 g/mol. The highest BCUT2D eigenvalue weighted by Gasteiger charge is 1.89. The van der Waals surface area contributed by atoms with Crippen molar-refractivity contribution in [3.05, 3.63) is 18.2 Å². The lowest BCUT2D eigenvalue weighted by Gasteiger charge is -1.90. The fourth-order valence-electron chi connectivity index (χ4n) is 0.602. The number of rotatable bonds is 2. The van der Waals surface area contributed by atoms with Crippen molar-refractivity contribution in [1.29, 1.82) is 0 Å². The molecule has 0 saturated heterocycles. The van der Waals surface area contributed by atoms with Crippen molar-refractivity contribution in [2.24, 2.45) is 10.2 Å². The third kappa shape index (κ3) is 1.28. The molecule has 4 heteroatoms. The molecular weight excluding hydrogens is 128 g/mol. The number of aryl methyl sites for hydroxylation is 1. The molecule has 0 amide bonds. The molecule has 0 atom stereocenters. The molecule has 10 heavy (non-hydrogen) atoms. The molecule has 1 aromatic heterocycles. The summed E-state index contributed by atoms with van der Waals surface area (Å²) in [6, 6.07) is 0. The number of nitrogens with zero attached hydrogens (tertiary/aromatic N) is 4. The van der Waals surface area contributed by atoms with Crippen LogP contribution in [0.4, 0.5) is 0 Å². The minimum absolute atomic E-state index is 0.882. The van der Waals surface area contributed by atoms with Gasteiger partial charge in [-0.2, -0.15) is 5.10 Å². The average molecular weight is 136 g/mol. The van der Waals surface area contributed by atoms with Gasteiger partial charge in [0.25, 0.3) is 0 Å². The summed E-state index contributed by atoms with van der Waals surface area (Å²) in [5.74, 6) is 0.882. The Balaban J connectivity index is 2.83. The highest BCUT2D eigenvalue weighted by Crippen LogP contribution is 1.89. The van der Waals surface area contributed by atoms with Gasteiger partial charge >= 0.3 is 0 Å². The first-order valence-corrected chi connectivity index (χ1v) is 2.83. The van der Waals surface area contributed by atoms with Crippen molar-refractivity contribution in [2.45, 2.75) is 6.92 Å². The second-order valence-corrected chi connectivity index (χ2v) is 1.75. The Labute approximate surface area is 58.9 Å². The van der Waals surface area contributed by atoms with Crippen molar-refractivity contribution < 1.29 is 0 Å². The molecule has 0 saturated carbocycles. The van der Waals surface area contributed by atoms with Gasteiger partial charge in [0.2, 0.25) is 0 Å². The normalized spacial score (nSPS) is 10.5. The zero-order valence-electron chi connectivity index (χ0n) is 5.73. The minimum atomic E-state index is 0.882. The van der Waals surface area contributed by atoms with E-state index in [1.165, 1.54) is 0 Å². The molecule has 0 aromatic carbocycles. The molecule has 0 N–H and O–H groups in total. The van der Waals surface area contributed by atoms with E-state index >= 15 is 0 Å². The number of hydrogen-bond donors (Lipinski definition) is 0. The predicted molar refractivity (Wildman–Crippen MR) is 40.4 cm³/mol. The molecule has 0 aliphatic heterocycles. The maximum atomic E-state index is 3.98. The van der Waals surface area contributed by atoms with Crippen LogP contribution in [0.1, 0.15) is 5.82 Å². The zero-order chi connectivity index (χ0) is 7.40. The van der Waals surface area contributed by atoms with Gasteiger partial charge < -0.3 is 0 Å². The average Bonchev–Trinajstić information content (AvgIpc) is 2.31. The summed E-state index contributed by atoms with van der Waals surface area (Å²) in [5, 5.41) is 6.91. The topological polar surface area (TPSA) is 42.5 Å². The van der Waals surface area contributed by atoms with Crippen LogP contribution in [-0.2, 0) is 0 Å². The van der Waals surface area contributed by atoms with Crippen LogP contribution < -0.4 is 0 Å². The molecule has 0 unspecified atom stereocenters. The van der Waals surface area contributed by atoms with Gasteiger partial charge in [-0.25, -0.2) is 4.98 Å². The van der Waals surface area contributed by atoms with Crippen molar-refractivity contribution in [1.82, 2.24) is 9.55 Å². The van der Waals surface area contributed by atoms with Gasteiger partial charge in [-0.15, -0.1) is 5.10 Å². The second-order valence-electron chi connectivity index (χ2n) is 1.75. The standard InChI is InChI=1S/C6H8N4/c1-6-8-3-4-10(6)5-9-7-2/h3-5H,2H2,1H3/b9-5-. The third-order valence-corrected chi connectivity index (χ3v) is 1.12. The molecule has 0 aliphatic carbocycles. The van der Waals surface area contributed by atoms with E-state index in [1.807, 2.05) is 6.92 Å². The van der Waals surface area contributed by atoms with Gasteiger partial charge in [0.15, 0.2) is 0 Å². The first kappa shape index (κ1) is 6.67. The van der Waals surface area contributed by atoms with E-state index in [1.54, 1.807) is 23.3 Å².